The van der Waals surface area contributed by atoms with Gasteiger partial charge in [0.15, 0.2) is 7.05 Å². The summed E-state index contributed by atoms with van der Waals surface area (Å²) in [6.07, 6.45) is -4.50. The van der Waals surface area contributed by atoms with Crippen LogP contribution in [0.4, 0.5) is 23.2 Å². The van der Waals surface area contributed by atoms with Crippen molar-refractivity contribution in [1.82, 2.24) is 9.67 Å². The number of carbonyl (C=O) groups is 1. The molecule has 0 saturated carbocycles. The molecule has 0 aliphatic carbocycles. The smallest absolute Gasteiger partial charge is 0.416 e. The molecule has 0 bridgehead atoms. The van der Waals surface area contributed by atoms with Crippen molar-refractivity contribution in [1.29, 1.82) is 0 Å². The number of hydrogen-bond acceptors (Lipinski definition) is 3. The first-order chi connectivity index (χ1) is 22.1. The molecule has 46 heavy (non-hydrogen) atoms. The molecular weight excluding hydrogens is 596 g/mol. The summed E-state index contributed by atoms with van der Waals surface area (Å²) < 4.78 is 60.9. The van der Waals surface area contributed by atoms with Crippen molar-refractivity contribution >= 4 is 11.6 Å². The Hall–Kier alpha value is -5.77. The van der Waals surface area contributed by atoms with Crippen LogP contribution in [-0.2, 0) is 20.3 Å². The Bertz CT molecular complexity index is 1860. The number of hydrogen-bond donors (Lipinski definition) is 1. The van der Waals surface area contributed by atoms with E-state index in [0.29, 0.717) is 5.69 Å². The van der Waals surface area contributed by atoms with Crippen LogP contribution >= 0.6 is 0 Å². The fraction of sp³-hybridized carbons (Fsp3) is 0.0833. The fourth-order valence-corrected chi connectivity index (χ4v) is 4.58. The quantitative estimate of drug-likeness (QED) is 0.149. The molecule has 0 aliphatic heterocycles. The third-order valence-corrected chi connectivity index (χ3v) is 7.00. The van der Waals surface area contributed by atoms with E-state index in [0.717, 1.165) is 12.1 Å². The summed E-state index contributed by atoms with van der Waals surface area (Å²) in [5.74, 6) is -1.12. The van der Waals surface area contributed by atoms with Crippen molar-refractivity contribution in [3.8, 4) is 34.1 Å². The van der Waals surface area contributed by atoms with Gasteiger partial charge in [0.25, 0.3) is 5.91 Å². The highest BCUT2D eigenvalue weighted by atomic mass is 19.4. The number of anilines is 1. The average Bonchev–Trinajstić information content (AvgIpc) is 3.36. The molecule has 0 unspecified atom stereocenters. The molecule has 232 valence electrons. The van der Waals surface area contributed by atoms with Crippen LogP contribution in [0, 0.1) is 5.82 Å². The van der Waals surface area contributed by atoms with Gasteiger partial charge in [-0.2, -0.15) is 17.9 Å². The van der Waals surface area contributed by atoms with Crippen LogP contribution in [0.5, 0.6) is 11.6 Å². The Morgan fingerprint density at radius 2 is 1.41 bits per heavy atom. The van der Waals surface area contributed by atoms with Crippen LogP contribution in [0.2, 0.25) is 0 Å². The van der Waals surface area contributed by atoms with Crippen molar-refractivity contribution < 1.29 is 31.8 Å². The minimum absolute atomic E-state index is 0.0104. The van der Waals surface area contributed by atoms with Crippen molar-refractivity contribution in [2.45, 2.75) is 6.18 Å². The number of halogens is 4. The molecule has 4 aromatic carbocycles. The van der Waals surface area contributed by atoms with Gasteiger partial charge < -0.3 is 10.1 Å². The van der Waals surface area contributed by atoms with E-state index in [-0.39, 0.29) is 17.3 Å². The van der Waals surface area contributed by atoms with Crippen LogP contribution in [0.15, 0.2) is 133 Å². The number of rotatable bonds is 6. The number of aromatic nitrogens is 3. The van der Waals surface area contributed by atoms with E-state index in [9.17, 15) is 22.4 Å². The monoisotopic (exact) mass is 625 g/mol. The second kappa shape index (κ2) is 13.9. The van der Waals surface area contributed by atoms with Crippen LogP contribution in [-0.4, -0.2) is 15.6 Å². The summed E-state index contributed by atoms with van der Waals surface area (Å²) in [6.45, 7) is 0. The summed E-state index contributed by atoms with van der Waals surface area (Å²) in [5.41, 5.74) is 4.43. The van der Waals surface area contributed by atoms with E-state index in [1.807, 2.05) is 12.1 Å². The predicted octanol–water partition coefficient (Wildman–Crippen LogP) is 8.47. The molecule has 2 aromatic heterocycles. The second-order valence-electron chi connectivity index (χ2n) is 10.1. The van der Waals surface area contributed by atoms with Crippen LogP contribution in [0.1, 0.15) is 16.1 Å². The number of amides is 1. The van der Waals surface area contributed by atoms with Crippen LogP contribution in [0.25, 0.3) is 22.5 Å². The van der Waals surface area contributed by atoms with E-state index in [2.05, 4.69) is 88.4 Å². The van der Waals surface area contributed by atoms with Gasteiger partial charge in [0.2, 0.25) is 11.6 Å². The van der Waals surface area contributed by atoms with Gasteiger partial charge in [-0.1, -0.05) is 60.7 Å². The molecule has 1 amide bonds. The third kappa shape index (κ3) is 7.84. The normalized spacial score (nSPS) is 10.9. The Labute approximate surface area is 263 Å². The van der Waals surface area contributed by atoms with E-state index in [4.69, 9.17) is 4.74 Å². The minimum Gasteiger partial charge on any atom is -0.439 e. The lowest BCUT2D eigenvalue weighted by molar-refractivity contribution is -0.740. The Balaban J connectivity index is 0.000000192. The van der Waals surface area contributed by atoms with Crippen molar-refractivity contribution in [3.63, 3.8) is 0 Å². The summed E-state index contributed by atoms with van der Waals surface area (Å²) in [5, 5.41) is 2.53. The molecule has 0 fully saturated rings. The number of pyridine rings is 1. The average molecular weight is 626 g/mol. The maximum atomic E-state index is 12.9. The van der Waals surface area contributed by atoms with Gasteiger partial charge in [-0.15, -0.1) is 4.68 Å². The largest absolute Gasteiger partial charge is 0.439 e. The van der Waals surface area contributed by atoms with Gasteiger partial charge in [-0.05, 0) is 60.7 Å². The molecule has 1 N–H and O–H groups in total. The van der Waals surface area contributed by atoms with Gasteiger partial charge in [0.05, 0.1) is 12.6 Å². The first-order valence-electron chi connectivity index (χ1n) is 14.1. The lowest BCUT2D eigenvalue weighted by Gasteiger charge is -2.10. The highest BCUT2D eigenvalue weighted by Gasteiger charge is 2.30. The summed E-state index contributed by atoms with van der Waals surface area (Å²) in [7, 11) is 4.18. The molecule has 6 rings (SSSR count). The van der Waals surface area contributed by atoms with Gasteiger partial charge in [-0.25, -0.2) is 9.37 Å². The molecule has 0 radical (unpaired) electrons. The molecule has 0 saturated heterocycles. The number of carbonyl (C=O) groups excluding carboxylic acids is 1. The molecule has 0 aliphatic rings. The second-order valence-corrected chi connectivity index (χ2v) is 10.1. The molecule has 2 heterocycles. The lowest BCUT2D eigenvalue weighted by Crippen LogP contribution is -2.39. The first-order valence-corrected chi connectivity index (χ1v) is 14.1. The molecule has 6 nitrogen and oxygen atoms in total. The number of benzene rings is 4. The van der Waals surface area contributed by atoms with Crippen LogP contribution < -0.4 is 14.7 Å². The Kier molecular flexibility index (Phi) is 9.56. The zero-order chi connectivity index (χ0) is 32.7. The Morgan fingerprint density at radius 1 is 0.783 bits per heavy atom. The zero-order valence-electron chi connectivity index (χ0n) is 24.9. The highest BCUT2D eigenvalue weighted by Crippen LogP contribution is 2.32. The predicted molar refractivity (Wildman–Crippen MR) is 168 cm³/mol. The number of nitrogens with one attached hydrogen (secondary N) is 1. The minimum atomic E-state index is -4.50. The molecule has 0 atom stereocenters. The van der Waals surface area contributed by atoms with Crippen LogP contribution in [0.3, 0.4) is 0 Å². The molecule has 0 spiro atoms. The van der Waals surface area contributed by atoms with Gasteiger partial charge in [0.1, 0.15) is 23.0 Å². The third-order valence-electron chi connectivity index (χ3n) is 7.00. The summed E-state index contributed by atoms with van der Waals surface area (Å²) in [4.78, 5) is 16.2. The van der Waals surface area contributed by atoms with E-state index in [1.165, 1.54) is 77.1 Å². The number of alkyl halides is 3. The van der Waals surface area contributed by atoms with Gasteiger partial charge in [0, 0.05) is 28.9 Å². The molecule has 10 heteroatoms. The van der Waals surface area contributed by atoms with Crippen molar-refractivity contribution in [2.75, 3.05) is 5.32 Å². The molecule has 6 aromatic rings. The number of nitrogens with zero attached hydrogens (tertiary/aromatic N) is 3. The van der Waals surface area contributed by atoms with E-state index < -0.39 is 23.5 Å². The zero-order valence-corrected chi connectivity index (χ0v) is 24.9. The maximum Gasteiger partial charge on any atom is 0.416 e. The van der Waals surface area contributed by atoms with E-state index >= 15 is 0 Å². The topological polar surface area (TPSA) is 60.0 Å². The highest BCUT2D eigenvalue weighted by molar-refractivity contribution is 6.02. The SMILES string of the molecule is Cn1c(-c2ccccc2)cc(-c2ccccc2)[n+]1C.O=C(Nc1ccc(F)cc1)c1cccc(Oc2cccc(C(F)(F)F)c2)n1. The standard InChI is InChI=1S/C19H12F4N2O2.C17H17N2/c20-13-7-9-14(10-8-13)24-18(26)16-5-2-6-17(25-16)27-15-4-1-3-12(11-15)19(21,22)23;1-18-16(14-9-5-3-6-10-14)13-17(19(18)2)15-11-7-4-8-12-15/h1-11H,(H,24,26);3-13H,1-2H3/q;+1. The number of ether oxygens (including phenoxy) is 1. The van der Waals surface area contributed by atoms with Gasteiger partial charge >= 0.3 is 6.18 Å². The van der Waals surface area contributed by atoms with Crippen molar-refractivity contribution in [3.05, 3.63) is 151 Å². The fourth-order valence-electron chi connectivity index (χ4n) is 4.58. The van der Waals surface area contributed by atoms with Gasteiger partial charge in [-0.3, -0.25) is 4.79 Å². The van der Waals surface area contributed by atoms with E-state index in [1.54, 1.807) is 0 Å². The first kappa shape index (κ1) is 31.6. The Morgan fingerprint density at radius 3 is 2.07 bits per heavy atom. The van der Waals surface area contributed by atoms with Crippen molar-refractivity contribution in [2.24, 2.45) is 14.1 Å². The summed E-state index contributed by atoms with van der Waals surface area (Å²) >= 11 is 0. The lowest BCUT2D eigenvalue weighted by atomic mass is 10.1. The molecular formula is C36H29F4N4O2+. The summed E-state index contributed by atoms with van der Waals surface area (Å²) in [6, 6.07) is 37.0. The maximum absolute atomic E-state index is 12.9.